The predicted octanol–water partition coefficient (Wildman–Crippen LogP) is 4.65. The summed E-state index contributed by atoms with van der Waals surface area (Å²) in [4.78, 5) is 13.0. The molecule has 4 rings (SSSR count). The summed E-state index contributed by atoms with van der Waals surface area (Å²) < 4.78 is 44.3. The standard InChI is InChI=1S/C29H33ClF2N2O4/c1-16(35)14-37-28(3)12-11-19(27(36)34-5)23(26(28)32)24-22-17(2)29(15-33-4,18-9-7-6-8-10-18)38-21(22)13-20(31)25(24)30/h6-13,16-17,26,33,35H,14-15H2,1-5H3,(H,34,36)/t16-,17-,26?,28?,29-/m0/s1. The van der Waals surface area contributed by atoms with Gasteiger partial charge in [-0.3, -0.25) is 4.79 Å². The van der Waals surface area contributed by atoms with Crippen LogP contribution in [0.5, 0.6) is 5.75 Å². The SMILES string of the molecule is CNC[C@]1(c2ccccc2)Oc2cc(F)c(Cl)c(C3=C(C(=O)NC)C=CC(C)(OC[C@H](C)O)C3F)c2[C@@H]1C. The van der Waals surface area contributed by atoms with Crippen molar-refractivity contribution < 1.29 is 28.2 Å². The summed E-state index contributed by atoms with van der Waals surface area (Å²) >= 11 is 6.61. The Bertz CT molecular complexity index is 1280. The minimum Gasteiger partial charge on any atom is -0.480 e. The number of nitrogens with one attached hydrogen (secondary N) is 2. The third-order valence-corrected chi connectivity index (χ3v) is 7.72. The minimum absolute atomic E-state index is 0.00542. The van der Waals surface area contributed by atoms with Crippen LogP contribution in [0.25, 0.3) is 5.57 Å². The maximum atomic E-state index is 16.6. The quantitative estimate of drug-likeness (QED) is 0.449. The zero-order valence-electron chi connectivity index (χ0n) is 22.1. The van der Waals surface area contributed by atoms with Crippen molar-refractivity contribution in [3.8, 4) is 5.75 Å². The molecular weight excluding hydrogens is 514 g/mol. The van der Waals surface area contributed by atoms with E-state index in [1.165, 1.54) is 39.1 Å². The van der Waals surface area contributed by atoms with Gasteiger partial charge in [0.15, 0.2) is 11.8 Å². The average molecular weight is 547 g/mol. The van der Waals surface area contributed by atoms with E-state index in [2.05, 4.69) is 10.6 Å². The van der Waals surface area contributed by atoms with E-state index >= 15 is 8.78 Å². The number of halogens is 3. The third-order valence-electron chi connectivity index (χ3n) is 7.35. The van der Waals surface area contributed by atoms with E-state index in [0.717, 1.165) is 5.56 Å². The lowest BCUT2D eigenvalue weighted by Gasteiger charge is -2.37. The average Bonchev–Trinajstić information content (AvgIpc) is 3.17. The summed E-state index contributed by atoms with van der Waals surface area (Å²) in [5.74, 6) is -1.54. The van der Waals surface area contributed by atoms with Gasteiger partial charge in [-0.05, 0) is 32.5 Å². The van der Waals surface area contributed by atoms with Gasteiger partial charge in [0.25, 0.3) is 5.91 Å². The van der Waals surface area contributed by atoms with Crippen molar-refractivity contribution in [2.75, 3.05) is 27.2 Å². The molecule has 2 unspecified atom stereocenters. The van der Waals surface area contributed by atoms with Crippen molar-refractivity contribution >= 4 is 23.1 Å². The van der Waals surface area contributed by atoms with Crippen LogP contribution in [0.2, 0.25) is 5.02 Å². The lowest BCUT2D eigenvalue weighted by atomic mass is 9.74. The number of rotatable bonds is 8. The molecule has 5 atom stereocenters. The van der Waals surface area contributed by atoms with Gasteiger partial charge in [0.2, 0.25) is 0 Å². The number of benzene rings is 2. The molecule has 0 spiro atoms. The number of likely N-dealkylation sites (N-methyl/N-ethyl adjacent to an activating group) is 2. The number of fused-ring (bicyclic) bond motifs is 1. The number of alkyl halides is 1. The van der Waals surface area contributed by atoms with E-state index in [1.807, 2.05) is 37.3 Å². The van der Waals surface area contributed by atoms with E-state index in [4.69, 9.17) is 21.1 Å². The fourth-order valence-corrected chi connectivity index (χ4v) is 5.62. The molecule has 1 amide bonds. The van der Waals surface area contributed by atoms with Crippen LogP contribution in [-0.2, 0) is 15.1 Å². The van der Waals surface area contributed by atoms with Gasteiger partial charge in [-0.15, -0.1) is 0 Å². The smallest absolute Gasteiger partial charge is 0.251 e. The van der Waals surface area contributed by atoms with Crippen LogP contribution >= 0.6 is 11.6 Å². The molecule has 0 fully saturated rings. The summed E-state index contributed by atoms with van der Waals surface area (Å²) in [6.45, 7) is 5.19. The molecule has 38 heavy (non-hydrogen) atoms. The monoisotopic (exact) mass is 546 g/mol. The fourth-order valence-electron chi connectivity index (χ4n) is 5.36. The lowest BCUT2D eigenvalue weighted by molar-refractivity contribution is -0.116. The van der Waals surface area contributed by atoms with E-state index in [0.29, 0.717) is 12.1 Å². The van der Waals surface area contributed by atoms with Gasteiger partial charge in [-0.1, -0.05) is 54.9 Å². The number of carbonyl (C=O) groups is 1. The molecule has 1 aliphatic heterocycles. The van der Waals surface area contributed by atoms with Crippen molar-refractivity contribution in [2.24, 2.45) is 0 Å². The van der Waals surface area contributed by atoms with Gasteiger partial charge >= 0.3 is 0 Å². The number of aliphatic hydroxyl groups is 1. The van der Waals surface area contributed by atoms with Crippen molar-refractivity contribution in [2.45, 2.75) is 50.2 Å². The first kappa shape index (κ1) is 28.2. The second kappa shape index (κ2) is 10.8. The Hall–Kier alpha value is -2.78. The van der Waals surface area contributed by atoms with Crippen LogP contribution < -0.4 is 15.4 Å². The normalized spacial score (nSPS) is 27.2. The van der Waals surface area contributed by atoms with E-state index in [1.54, 1.807) is 7.05 Å². The molecule has 0 aromatic heterocycles. The van der Waals surface area contributed by atoms with Crippen molar-refractivity contribution in [3.63, 3.8) is 0 Å². The van der Waals surface area contributed by atoms with Crippen LogP contribution in [-0.4, -0.2) is 56.1 Å². The molecule has 6 nitrogen and oxygen atoms in total. The molecule has 3 N–H and O–H groups in total. The number of hydrogen-bond acceptors (Lipinski definition) is 5. The molecular formula is C29H33ClF2N2O4. The van der Waals surface area contributed by atoms with Crippen LogP contribution in [0, 0.1) is 5.82 Å². The number of amides is 1. The molecule has 0 bridgehead atoms. The number of ether oxygens (including phenoxy) is 2. The first-order valence-electron chi connectivity index (χ1n) is 12.5. The minimum atomic E-state index is -1.91. The summed E-state index contributed by atoms with van der Waals surface area (Å²) in [5.41, 5.74) is -1.15. The molecule has 0 saturated heterocycles. The van der Waals surface area contributed by atoms with Gasteiger partial charge in [0.1, 0.15) is 17.2 Å². The maximum absolute atomic E-state index is 16.6. The van der Waals surface area contributed by atoms with Gasteiger partial charge in [-0.2, -0.15) is 0 Å². The second-order valence-corrected chi connectivity index (χ2v) is 10.4. The lowest BCUT2D eigenvalue weighted by Crippen LogP contribution is -2.44. The highest BCUT2D eigenvalue weighted by Gasteiger charge is 2.51. The second-order valence-electron chi connectivity index (χ2n) is 10.0. The fraction of sp³-hybridized carbons (Fsp3) is 0.414. The van der Waals surface area contributed by atoms with E-state index in [-0.39, 0.29) is 34.1 Å². The van der Waals surface area contributed by atoms with E-state index < -0.39 is 41.1 Å². The number of hydrogen-bond donors (Lipinski definition) is 3. The van der Waals surface area contributed by atoms with Crippen LogP contribution in [0.4, 0.5) is 8.78 Å². The highest BCUT2D eigenvalue weighted by atomic mass is 35.5. The third kappa shape index (κ3) is 4.64. The molecule has 1 heterocycles. The Morgan fingerprint density at radius 2 is 1.97 bits per heavy atom. The highest BCUT2D eigenvalue weighted by Crippen LogP contribution is 2.56. The number of carbonyl (C=O) groups excluding carboxylic acids is 1. The number of aliphatic hydroxyl groups excluding tert-OH is 1. The predicted molar refractivity (Wildman–Crippen MR) is 144 cm³/mol. The largest absolute Gasteiger partial charge is 0.480 e. The van der Waals surface area contributed by atoms with Gasteiger partial charge < -0.3 is 25.2 Å². The topological polar surface area (TPSA) is 79.8 Å². The Balaban J connectivity index is 1.98. The van der Waals surface area contributed by atoms with Crippen molar-refractivity contribution in [3.05, 3.63) is 81.7 Å². The summed E-state index contributed by atoms with van der Waals surface area (Å²) in [6.07, 6.45) is 0.142. The van der Waals surface area contributed by atoms with Crippen molar-refractivity contribution in [1.29, 1.82) is 0 Å². The molecule has 2 aromatic carbocycles. The molecule has 2 aromatic rings. The molecule has 204 valence electrons. The summed E-state index contributed by atoms with van der Waals surface area (Å²) in [7, 11) is 3.22. The maximum Gasteiger partial charge on any atom is 0.251 e. The zero-order chi connectivity index (χ0) is 27.8. The summed E-state index contributed by atoms with van der Waals surface area (Å²) in [5, 5.41) is 15.2. The molecule has 0 radical (unpaired) electrons. The van der Waals surface area contributed by atoms with E-state index in [9.17, 15) is 9.90 Å². The molecule has 2 aliphatic rings. The van der Waals surface area contributed by atoms with Crippen molar-refractivity contribution in [1.82, 2.24) is 10.6 Å². The van der Waals surface area contributed by atoms with Crippen LogP contribution in [0.15, 0.2) is 54.1 Å². The van der Waals surface area contributed by atoms with Gasteiger partial charge in [0, 0.05) is 47.8 Å². The molecule has 9 heteroatoms. The first-order chi connectivity index (χ1) is 18.0. The molecule has 0 saturated carbocycles. The Morgan fingerprint density at radius 1 is 1.29 bits per heavy atom. The Kier molecular flexibility index (Phi) is 8.00. The summed E-state index contributed by atoms with van der Waals surface area (Å²) in [6, 6.07) is 10.7. The van der Waals surface area contributed by atoms with Crippen LogP contribution in [0.3, 0.4) is 0 Å². The van der Waals surface area contributed by atoms with Gasteiger partial charge in [0.05, 0.1) is 17.7 Å². The zero-order valence-corrected chi connectivity index (χ0v) is 22.8. The van der Waals surface area contributed by atoms with Crippen LogP contribution in [0.1, 0.15) is 43.4 Å². The highest BCUT2D eigenvalue weighted by molar-refractivity contribution is 6.33. The van der Waals surface area contributed by atoms with Gasteiger partial charge in [-0.25, -0.2) is 8.78 Å². The first-order valence-corrected chi connectivity index (χ1v) is 12.9. The Labute approximate surface area is 226 Å². The molecule has 1 aliphatic carbocycles. The Morgan fingerprint density at radius 3 is 2.58 bits per heavy atom.